The minimum atomic E-state index is -1.13. The summed E-state index contributed by atoms with van der Waals surface area (Å²) in [6, 6.07) is 8.61. The largest absolute Gasteiger partial charge is 0.425 e. The van der Waals surface area contributed by atoms with Crippen molar-refractivity contribution in [2.24, 2.45) is 0 Å². The molecule has 0 saturated heterocycles. The van der Waals surface area contributed by atoms with E-state index in [1.807, 2.05) is 6.07 Å². The Labute approximate surface area is 80.0 Å². The molecule has 1 aromatic carbocycles. The number of hydrogen-bond acceptors (Lipinski definition) is 2. The van der Waals surface area contributed by atoms with Crippen LogP contribution in [0.15, 0.2) is 30.3 Å². The molecule has 0 N–H and O–H groups in total. The van der Waals surface area contributed by atoms with E-state index in [-0.39, 0.29) is 0 Å². The molecular formula is C8H6Cl2O2. The van der Waals surface area contributed by atoms with Crippen LogP contribution in [0.2, 0.25) is 0 Å². The third kappa shape index (κ3) is 2.72. The summed E-state index contributed by atoms with van der Waals surface area (Å²) in [6.07, 6.45) is 0. The van der Waals surface area contributed by atoms with Crippen LogP contribution >= 0.6 is 23.2 Å². The summed E-state index contributed by atoms with van der Waals surface area (Å²) < 4.78 is 4.77. The zero-order valence-electron chi connectivity index (χ0n) is 6.04. The molecule has 0 heterocycles. The Morgan fingerprint density at radius 1 is 1.25 bits per heavy atom. The molecule has 0 spiro atoms. The molecule has 0 radical (unpaired) electrons. The monoisotopic (exact) mass is 204 g/mol. The molecule has 0 unspecified atom stereocenters. The number of rotatable bonds is 2. The van der Waals surface area contributed by atoms with Crippen molar-refractivity contribution < 1.29 is 9.53 Å². The number of alkyl halides is 2. The van der Waals surface area contributed by atoms with Crippen molar-refractivity contribution in [2.45, 2.75) is 4.84 Å². The third-order valence-corrected chi connectivity index (χ3v) is 1.50. The molecule has 0 aliphatic rings. The van der Waals surface area contributed by atoms with E-state index in [9.17, 15) is 4.79 Å². The van der Waals surface area contributed by atoms with Gasteiger partial charge in [0, 0.05) is 0 Å². The van der Waals surface area contributed by atoms with Crippen LogP contribution in [0.3, 0.4) is 0 Å². The number of esters is 1. The van der Waals surface area contributed by atoms with E-state index in [1.54, 1.807) is 24.3 Å². The smallest absolute Gasteiger partial charge is 0.344 e. The van der Waals surface area contributed by atoms with Gasteiger partial charge in [-0.3, -0.25) is 0 Å². The third-order valence-electron chi connectivity index (χ3n) is 1.14. The van der Waals surface area contributed by atoms with Gasteiger partial charge in [-0.15, -0.1) is 0 Å². The van der Waals surface area contributed by atoms with Gasteiger partial charge in [-0.25, -0.2) is 4.79 Å². The molecule has 0 saturated carbocycles. The summed E-state index contributed by atoms with van der Waals surface area (Å²) in [5.41, 5.74) is 0. The van der Waals surface area contributed by atoms with Gasteiger partial charge in [0.2, 0.25) is 4.84 Å². The van der Waals surface area contributed by atoms with Crippen molar-refractivity contribution in [3.05, 3.63) is 30.3 Å². The van der Waals surface area contributed by atoms with E-state index < -0.39 is 10.8 Å². The molecule has 64 valence electrons. The second-order valence-corrected chi connectivity index (χ2v) is 3.13. The molecule has 0 atom stereocenters. The molecule has 4 heteroatoms. The van der Waals surface area contributed by atoms with Gasteiger partial charge in [0.1, 0.15) is 5.75 Å². The number of carbonyl (C=O) groups is 1. The number of benzene rings is 1. The Hall–Kier alpha value is -0.730. The standard InChI is InChI=1S/C8H6Cl2O2/c9-7(10)8(11)12-6-4-2-1-3-5-6/h1-5,7H. The lowest BCUT2D eigenvalue weighted by molar-refractivity contribution is -0.132. The van der Waals surface area contributed by atoms with Crippen molar-refractivity contribution in [3.8, 4) is 5.75 Å². The molecule has 0 fully saturated rings. The molecular weight excluding hydrogens is 199 g/mol. The summed E-state index contributed by atoms with van der Waals surface area (Å²) in [7, 11) is 0. The Bertz CT molecular complexity index is 259. The van der Waals surface area contributed by atoms with Gasteiger partial charge in [0.15, 0.2) is 0 Å². The van der Waals surface area contributed by atoms with Crippen molar-refractivity contribution >= 4 is 29.2 Å². The Balaban J connectivity index is 2.59. The maximum atomic E-state index is 10.8. The normalized spacial score (nSPS) is 9.92. The molecule has 0 bridgehead atoms. The van der Waals surface area contributed by atoms with E-state index >= 15 is 0 Å². The lowest BCUT2D eigenvalue weighted by Crippen LogP contribution is -2.15. The summed E-state index contributed by atoms with van der Waals surface area (Å²) in [4.78, 5) is 9.69. The lowest BCUT2D eigenvalue weighted by Gasteiger charge is -2.02. The Morgan fingerprint density at radius 3 is 2.33 bits per heavy atom. The van der Waals surface area contributed by atoms with Crippen molar-refractivity contribution in [1.29, 1.82) is 0 Å². The van der Waals surface area contributed by atoms with Gasteiger partial charge < -0.3 is 4.74 Å². The van der Waals surface area contributed by atoms with Crippen LogP contribution in [-0.2, 0) is 4.79 Å². The van der Waals surface area contributed by atoms with Crippen LogP contribution in [-0.4, -0.2) is 10.8 Å². The van der Waals surface area contributed by atoms with E-state index in [2.05, 4.69) is 0 Å². The summed E-state index contributed by atoms with van der Waals surface area (Å²) in [5.74, 6) is -0.224. The van der Waals surface area contributed by atoms with Crippen molar-refractivity contribution in [2.75, 3.05) is 0 Å². The first-order valence-electron chi connectivity index (χ1n) is 3.25. The van der Waals surface area contributed by atoms with Gasteiger partial charge in [-0.05, 0) is 12.1 Å². The highest BCUT2D eigenvalue weighted by Gasteiger charge is 2.13. The minimum absolute atomic E-state index is 0.439. The number of halogens is 2. The molecule has 0 aliphatic carbocycles. The number of carbonyl (C=O) groups excluding carboxylic acids is 1. The first kappa shape index (κ1) is 9.36. The van der Waals surface area contributed by atoms with Gasteiger partial charge >= 0.3 is 5.97 Å². The van der Waals surface area contributed by atoms with Crippen LogP contribution in [0.4, 0.5) is 0 Å². The zero-order chi connectivity index (χ0) is 8.97. The summed E-state index contributed by atoms with van der Waals surface area (Å²) in [5, 5.41) is 0. The van der Waals surface area contributed by atoms with Gasteiger partial charge in [-0.2, -0.15) is 0 Å². The van der Waals surface area contributed by atoms with Crippen LogP contribution in [0.25, 0.3) is 0 Å². The maximum Gasteiger partial charge on any atom is 0.344 e. The number of hydrogen-bond donors (Lipinski definition) is 0. The van der Waals surface area contributed by atoms with Gasteiger partial charge in [0.25, 0.3) is 0 Å². The Morgan fingerprint density at radius 2 is 1.83 bits per heavy atom. The lowest BCUT2D eigenvalue weighted by atomic mass is 10.3. The maximum absolute atomic E-state index is 10.8. The second kappa shape index (κ2) is 4.33. The fourth-order valence-corrected chi connectivity index (χ4v) is 0.738. The molecule has 0 aromatic heterocycles. The van der Waals surface area contributed by atoms with E-state index in [0.717, 1.165) is 0 Å². The summed E-state index contributed by atoms with van der Waals surface area (Å²) >= 11 is 10.5. The topological polar surface area (TPSA) is 26.3 Å². The van der Waals surface area contributed by atoms with E-state index in [4.69, 9.17) is 27.9 Å². The van der Waals surface area contributed by atoms with Crippen LogP contribution < -0.4 is 4.74 Å². The summed E-state index contributed by atoms with van der Waals surface area (Å²) in [6.45, 7) is 0. The fourth-order valence-electron chi connectivity index (χ4n) is 0.649. The average molecular weight is 205 g/mol. The molecule has 12 heavy (non-hydrogen) atoms. The molecule has 0 amide bonds. The van der Waals surface area contributed by atoms with Crippen molar-refractivity contribution in [3.63, 3.8) is 0 Å². The van der Waals surface area contributed by atoms with Gasteiger partial charge in [-0.1, -0.05) is 41.4 Å². The second-order valence-electron chi connectivity index (χ2n) is 2.03. The molecule has 2 nitrogen and oxygen atoms in total. The van der Waals surface area contributed by atoms with Gasteiger partial charge in [0.05, 0.1) is 0 Å². The first-order chi connectivity index (χ1) is 5.70. The molecule has 1 rings (SSSR count). The number of ether oxygens (including phenoxy) is 1. The average Bonchev–Trinajstić information content (AvgIpc) is 2.06. The zero-order valence-corrected chi connectivity index (χ0v) is 7.55. The van der Waals surface area contributed by atoms with E-state index in [1.165, 1.54) is 0 Å². The van der Waals surface area contributed by atoms with Crippen molar-refractivity contribution in [1.82, 2.24) is 0 Å². The molecule has 1 aromatic rings. The SMILES string of the molecule is O=C(Oc1ccccc1)C(Cl)Cl. The molecule has 0 aliphatic heterocycles. The van der Waals surface area contributed by atoms with E-state index in [0.29, 0.717) is 5.75 Å². The van der Waals surface area contributed by atoms with Crippen LogP contribution in [0, 0.1) is 0 Å². The number of para-hydroxylation sites is 1. The predicted molar refractivity (Wildman–Crippen MR) is 47.6 cm³/mol. The van der Waals surface area contributed by atoms with Crippen LogP contribution in [0.5, 0.6) is 5.75 Å². The first-order valence-corrected chi connectivity index (χ1v) is 4.12. The minimum Gasteiger partial charge on any atom is -0.425 e. The highest BCUT2D eigenvalue weighted by Crippen LogP contribution is 2.12. The Kier molecular flexibility index (Phi) is 3.38. The highest BCUT2D eigenvalue weighted by molar-refractivity contribution is 6.53. The van der Waals surface area contributed by atoms with Crippen LogP contribution in [0.1, 0.15) is 0 Å². The quantitative estimate of drug-likeness (QED) is 0.421. The fraction of sp³-hybridized carbons (Fsp3) is 0.125. The predicted octanol–water partition coefficient (Wildman–Crippen LogP) is 2.40. The highest BCUT2D eigenvalue weighted by atomic mass is 35.5.